The van der Waals surface area contributed by atoms with Gasteiger partial charge < -0.3 is 5.21 Å². The molecule has 1 N–H and O–H groups in total. The van der Waals surface area contributed by atoms with E-state index in [1.807, 2.05) is 36.4 Å². The molecule has 1 rings (SSSR count). The molecule has 0 aliphatic heterocycles. The Labute approximate surface area is 98.9 Å². The van der Waals surface area contributed by atoms with E-state index in [9.17, 15) is 4.79 Å². The van der Waals surface area contributed by atoms with Crippen LogP contribution in [0.5, 0.6) is 0 Å². The van der Waals surface area contributed by atoms with Crippen molar-refractivity contribution in [1.82, 2.24) is 0 Å². The molecule has 0 unspecified atom stereocenters. The number of hydrogen-bond donors (Lipinski definition) is 1. The predicted octanol–water partition coefficient (Wildman–Crippen LogP) is 2.79. The van der Waals surface area contributed by atoms with Gasteiger partial charge in [0.1, 0.15) is 0 Å². The molecule has 16 heavy (non-hydrogen) atoms. The van der Waals surface area contributed by atoms with E-state index in [0.717, 1.165) is 11.1 Å². The van der Waals surface area contributed by atoms with Gasteiger partial charge in [-0.3, -0.25) is 4.79 Å². The lowest BCUT2D eigenvalue weighted by Gasteiger charge is -1.98. The summed E-state index contributed by atoms with van der Waals surface area (Å²) in [6.07, 6.45) is 5.21. The van der Waals surface area contributed by atoms with Crippen LogP contribution in [0.15, 0.2) is 35.5 Å². The summed E-state index contributed by atoms with van der Waals surface area (Å²) in [5, 5.41) is 11.6. The average molecular weight is 235 g/mol. The average Bonchev–Trinajstić information content (AvgIpc) is 2.26. The van der Waals surface area contributed by atoms with Crippen molar-refractivity contribution in [3.05, 3.63) is 41.5 Å². The number of hydrogen-bond acceptors (Lipinski definition) is 4. The van der Waals surface area contributed by atoms with Crippen LogP contribution in [0.3, 0.4) is 0 Å². The minimum atomic E-state index is 0.106. The van der Waals surface area contributed by atoms with Crippen LogP contribution in [-0.4, -0.2) is 22.3 Å². The first kappa shape index (κ1) is 12.5. The molecule has 1 aromatic carbocycles. The van der Waals surface area contributed by atoms with Crippen molar-refractivity contribution >= 4 is 29.2 Å². The van der Waals surface area contributed by atoms with Gasteiger partial charge in [0.05, 0.1) is 6.21 Å². The molecule has 0 fully saturated rings. The standard InChI is InChI=1S/C12H13NO2S/c1-10(14)16-8-4-7-11-5-2-3-6-12(11)9-13-15/h2-7,9,15H,8H2,1H3. The largest absolute Gasteiger partial charge is 0.411 e. The third-order valence-corrected chi connectivity index (χ3v) is 2.64. The van der Waals surface area contributed by atoms with Crippen LogP contribution in [0.1, 0.15) is 18.1 Å². The predicted molar refractivity (Wildman–Crippen MR) is 68.0 cm³/mol. The van der Waals surface area contributed by atoms with Gasteiger partial charge in [-0.15, -0.1) is 0 Å². The maximum Gasteiger partial charge on any atom is 0.186 e. The first-order valence-corrected chi connectivity index (χ1v) is 5.79. The Kier molecular flexibility index (Phi) is 5.36. The quantitative estimate of drug-likeness (QED) is 0.496. The number of carbonyl (C=O) groups is 1. The van der Waals surface area contributed by atoms with E-state index >= 15 is 0 Å². The van der Waals surface area contributed by atoms with E-state index in [4.69, 9.17) is 5.21 Å². The third kappa shape index (κ3) is 4.31. The maximum absolute atomic E-state index is 10.7. The van der Waals surface area contributed by atoms with Gasteiger partial charge in [-0.2, -0.15) is 0 Å². The number of benzene rings is 1. The summed E-state index contributed by atoms with van der Waals surface area (Å²) in [5.41, 5.74) is 1.80. The molecule has 0 aliphatic rings. The zero-order valence-electron chi connectivity index (χ0n) is 8.96. The van der Waals surface area contributed by atoms with Crippen LogP contribution < -0.4 is 0 Å². The van der Waals surface area contributed by atoms with Gasteiger partial charge in [-0.1, -0.05) is 53.3 Å². The summed E-state index contributed by atoms with van der Waals surface area (Å²) in [7, 11) is 0. The second-order valence-electron chi connectivity index (χ2n) is 3.08. The molecule has 0 aromatic heterocycles. The molecule has 0 saturated carbocycles. The van der Waals surface area contributed by atoms with Crippen molar-refractivity contribution in [2.75, 3.05) is 5.75 Å². The maximum atomic E-state index is 10.7. The lowest BCUT2D eigenvalue weighted by atomic mass is 10.1. The second-order valence-corrected chi connectivity index (χ2v) is 4.28. The fourth-order valence-electron chi connectivity index (χ4n) is 1.18. The number of carbonyl (C=O) groups excluding carboxylic acids is 1. The molecule has 4 heteroatoms. The Balaban J connectivity index is 2.68. The summed E-state index contributed by atoms with van der Waals surface area (Å²) in [6, 6.07) is 7.56. The van der Waals surface area contributed by atoms with Gasteiger partial charge in [0, 0.05) is 18.2 Å². The Morgan fingerprint density at radius 2 is 2.12 bits per heavy atom. The van der Waals surface area contributed by atoms with Gasteiger partial charge in [-0.25, -0.2) is 0 Å². The zero-order valence-corrected chi connectivity index (χ0v) is 9.78. The summed E-state index contributed by atoms with van der Waals surface area (Å²) in [5.74, 6) is 0.653. The van der Waals surface area contributed by atoms with Crippen molar-refractivity contribution in [1.29, 1.82) is 0 Å². The van der Waals surface area contributed by atoms with E-state index < -0.39 is 0 Å². The zero-order chi connectivity index (χ0) is 11.8. The molecule has 3 nitrogen and oxygen atoms in total. The van der Waals surface area contributed by atoms with E-state index in [1.165, 1.54) is 18.0 Å². The third-order valence-electron chi connectivity index (χ3n) is 1.87. The smallest absolute Gasteiger partial charge is 0.186 e. The lowest BCUT2D eigenvalue weighted by molar-refractivity contribution is -0.109. The van der Waals surface area contributed by atoms with Gasteiger partial charge in [0.15, 0.2) is 5.12 Å². The SMILES string of the molecule is CC(=O)SCC=Cc1ccccc1C=NO. The van der Waals surface area contributed by atoms with Crippen molar-refractivity contribution in [2.24, 2.45) is 5.16 Å². The molecule has 84 valence electrons. The molecule has 0 aliphatic carbocycles. The monoisotopic (exact) mass is 235 g/mol. The van der Waals surface area contributed by atoms with Crippen molar-refractivity contribution in [3.8, 4) is 0 Å². The molecule has 0 bridgehead atoms. The first-order chi connectivity index (χ1) is 7.74. The molecule has 0 amide bonds. The van der Waals surface area contributed by atoms with Gasteiger partial charge >= 0.3 is 0 Å². The molecule has 1 aromatic rings. The molecule has 0 saturated heterocycles. The summed E-state index contributed by atoms with van der Waals surface area (Å²) in [6.45, 7) is 1.55. The summed E-state index contributed by atoms with van der Waals surface area (Å²) >= 11 is 1.26. The highest BCUT2D eigenvalue weighted by molar-refractivity contribution is 8.13. The fraction of sp³-hybridized carbons (Fsp3) is 0.167. The van der Waals surface area contributed by atoms with Crippen LogP contribution in [0.2, 0.25) is 0 Å². The van der Waals surface area contributed by atoms with Crippen LogP contribution >= 0.6 is 11.8 Å². The second kappa shape index (κ2) is 6.85. The van der Waals surface area contributed by atoms with Crippen molar-refractivity contribution in [3.63, 3.8) is 0 Å². The van der Waals surface area contributed by atoms with Gasteiger partial charge in [-0.05, 0) is 5.56 Å². The normalized spacial score (nSPS) is 11.3. The highest BCUT2D eigenvalue weighted by Crippen LogP contribution is 2.10. The molecule has 0 spiro atoms. The minimum absolute atomic E-state index is 0.106. The first-order valence-electron chi connectivity index (χ1n) is 4.80. The lowest BCUT2D eigenvalue weighted by Crippen LogP contribution is -1.86. The highest BCUT2D eigenvalue weighted by atomic mass is 32.2. The molecular formula is C12H13NO2S. The molecule has 0 atom stereocenters. The molecule has 0 radical (unpaired) electrons. The number of nitrogens with zero attached hydrogens (tertiary/aromatic N) is 1. The Morgan fingerprint density at radius 1 is 1.44 bits per heavy atom. The van der Waals surface area contributed by atoms with E-state index in [0.29, 0.717) is 5.75 Å². The minimum Gasteiger partial charge on any atom is -0.411 e. The van der Waals surface area contributed by atoms with Crippen LogP contribution in [0.4, 0.5) is 0 Å². The van der Waals surface area contributed by atoms with Crippen molar-refractivity contribution in [2.45, 2.75) is 6.92 Å². The Bertz CT molecular complexity index is 413. The number of oxime groups is 1. The topological polar surface area (TPSA) is 49.7 Å². The molecule has 0 heterocycles. The van der Waals surface area contributed by atoms with Crippen LogP contribution in [0, 0.1) is 0 Å². The van der Waals surface area contributed by atoms with E-state index in [1.54, 1.807) is 6.92 Å². The van der Waals surface area contributed by atoms with Gasteiger partial charge in [0.2, 0.25) is 0 Å². The van der Waals surface area contributed by atoms with Crippen LogP contribution in [-0.2, 0) is 4.79 Å². The number of rotatable bonds is 4. The number of thioether (sulfide) groups is 1. The van der Waals surface area contributed by atoms with E-state index in [2.05, 4.69) is 5.16 Å². The Morgan fingerprint density at radius 3 is 2.75 bits per heavy atom. The van der Waals surface area contributed by atoms with Crippen molar-refractivity contribution < 1.29 is 10.0 Å². The highest BCUT2D eigenvalue weighted by Gasteiger charge is 1.95. The van der Waals surface area contributed by atoms with E-state index in [-0.39, 0.29) is 5.12 Å². The fourth-order valence-corrected chi connectivity index (χ4v) is 1.61. The summed E-state index contributed by atoms with van der Waals surface area (Å²) < 4.78 is 0. The van der Waals surface area contributed by atoms with Crippen LogP contribution in [0.25, 0.3) is 6.08 Å². The summed E-state index contributed by atoms with van der Waals surface area (Å²) in [4.78, 5) is 10.7. The van der Waals surface area contributed by atoms with Gasteiger partial charge in [0.25, 0.3) is 0 Å². The molecular weight excluding hydrogens is 222 g/mol. The Hall–Kier alpha value is -1.55.